The van der Waals surface area contributed by atoms with Crippen molar-refractivity contribution in [3.63, 3.8) is 0 Å². The minimum atomic E-state index is -0.128. The Morgan fingerprint density at radius 1 is 1.03 bits per heavy atom. The number of nitrogens with zero attached hydrogens (tertiary/aromatic N) is 4. The Bertz CT molecular complexity index is 1360. The summed E-state index contributed by atoms with van der Waals surface area (Å²) in [5, 5.41) is 11.8. The van der Waals surface area contributed by atoms with Gasteiger partial charge in [0.25, 0.3) is 0 Å². The fourth-order valence-corrected chi connectivity index (χ4v) is 4.13. The first-order valence-electron chi connectivity index (χ1n) is 10.1. The summed E-state index contributed by atoms with van der Waals surface area (Å²) in [6, 6.07) is 23.6. The van der Waals surface area contributed by atoms with Gasteiger partial charge in [0.1, 0.15) is 12.2 Å². The van der Waals surface area contributed by atoms with Crippen LogP contribution in [0.15, 0.2) is 84.3 Å². The highest BCUT2D eigenvalue weighted by Crippen LogP contribution is 2.28. The second-order valence-corrected chi connectivity index (χ2v) is 8.25. The highest BCUT2D eigenvalue weighted by atomic mass is 32.2. The van der Waals surface area contributed by atoms with Gasteiger partial charge >= 0.3 is 0 Å². The van der Waals surface area contributed by atoms with E-state index in [-0.39, 0.29) is 11.7 Å². The van der Waals surface area contributed by atoms with Crippen molar-refractivity contribution in [2.75, 3.05) is 11.1 Å². The third kappa shape index (κ3) is 4.13. The Morgan fingerprint density at radius 3 is 2.66 bits per heavy atom. The van der Waals surface area contributed by atoms with Gasteiger partial charge < -0.3 is 10.3 Å². The van der Waals surface area contributed by atoms with Gasteiger partial charge in [-0.25, -0.2) is 4.98 Å². The lowest BCUT2D eigenvalue weighted by Gasteiger charge is -2.10. The Hall–Kier alpha value is -3.91. The molecule has 0 atom stereocenters. The molecule has 158 valence electrons. The van der Waals surface area contributed by atoms with Gasteiger partial charge in [-0.2, -0.15) is 0 Å². The first-order valence-corrected chi connectivity index (χ1v) is 11.1. The molecule has 0 fully saturated rings. The predicted octanol–water partition coefficient (Wildman–Crippen LogP) is 4.85. The van der Waals surface area contributed by atoms with E-state index in [4.69, 9.17) is 0 Å². The number of aryl methyl sites for hydroxylation is 1. The van der Waals surface area contributed by atoms with Gasteiger partial charge in [0.15, 0.2) is 5.16 Å². The molecule has 0 saturated heterocycles. The molecule has 0 aliphatic heterocycles. The maximum Gasteiger partial charge on any atom is 0.234 e. The number of amides is 1. The largest absolute Gasteiger partial charge is 0.338 e. The van der Waals surface area contributed by atoms with Gasteiger partial charge in [-0.1, -0.05) is 53.7 Å². The monoisotopic (exact) mass is 440 g/mol. The summed E-state index contributed by atoms with van der Waals surface area (Å²) < 4.78 is 1.87. The average Bonchev–Trinajstić information content (AvgIpc) is 3.45. The Labute approximate surface area is 188 Å². The molecule has 2 aromatic heterocycles. The van der Waals surface area contributed by atoms with E-state index in [9.17, 15) is 4.79 Å². The van der Waals surface area contributed by atoms with Crippen molar-refractivity contribution in [3.8, 4) is 17.1 Å². The molecule has 2 heterocycles. The summed E-state index contributed by atoms with van der Waals surface area (Å²) in [5.74, 6) is 0.796. The van der Waals surface area contributed by atoms with Crippen LogP contribution in [0.4, 0.5) is 5.69 Å². The predicted molar refractivity (Wildman–Crippen MR) is 127 cm³/mol. The zero-order chi connectivity index (χ0) is 21.9. The van der Waals surface area contributed by atoms with Gasteiger partial charge in [0.2, 0.25) is 5.91 Å². The minimum absolute atomic E-state index is 0.128. The molecule has 0 bridgehead atoms. The van der Waals surface area contributed by atoms with Gasteiger partial charge in [0.05, 0.1) is 22.5 Å². The molecule has 0 aliphatic rings. The number of benzene rings is 3. The molecule has 5 aromatic rings. The number of carbonyl (C=O) groups is 1. The van der Waals surface area contributed by atoms with E-state index in [1.807, 2.05) is 84.3 Å². The molecule has 0 radical (unpaired) electrons. The van der Waals surface area contributed by atoms with Crippen molar-refractivity contribution >= 4 is 34.4 Å². The minimum Gasteiger partial charge on any atom is -0.338 e. The molecular formula is C24H20N6OS. The van der Waals surface area contributed by atoms with E-state index >= 15 is 0 Å². The van der Waals surface area contributed by atoms with Crippen molar-refractivity contribution in [2.24, 2.45) is 0 Å². The van der Waals surface area contributed by atoms with E-state index in [0.29, 0.717) is 16.7 Å². The van der Waals surface area contributed by atoms with Gasteiger partial charge in [-0.05, 0) is 43.3 Å². The number of thioether (sulfide) groups is 1. The molecule has 1 amide bonds. The Morgan fingerprint density at radius 2 is 1.81 bits per heavy atom. The smallest absolute Gasteiger partial charge is 0.234 e. The number of hydrogen-bond acceptors (Lipinski definition) is 5. The molecule has 8 heteroatoms. The number of imidazole rings is 1. The number of hydrogen-bond donors (Lipinski definition) is 2. The van der Waals surface area contributed by atoms with Crippen LogP contribution < -0.4 is 5.32 Å². The lowest BCUT2D eigenvalue weighted by atomic mass is 10.1. The van der Waals surface area contributed by atoms with E-state index in [0.717, 1.165) is 22.3 Å². The Kier molecular flexibility index (Phi) is 5.43. The summed E-state index contributed by atoms with van der Waals surface area (Å²) in [4.78, 5) is 20.7. The topological polar surface area (TPSA) is 88.5 Å². The Balaban J connectivity index is 1.31. The summed E-state index contributed by atoms with van der Waals surface area (Å²) in [7, 11) is 0. The van der Waals surface area contributed by atoms with Crippen LogP contribution in [-0.2, 0) is 4.79 Å². The van der Waals surface area contributed by atoms with Gasteiger partial charge in [-0.15, -0.1) is 10.2 Å². The number of nitrogens with one attached hydrogen (secondary N) is 2. The molecule has 0 unspecified atom stereocenters. The highest BCUT2D eigenvalue weighted by molar-refractivity contribution is 7.99. The van der Waals surface area contributed by atoms with Crippen molar-refractivity contribution in [1.29, 1.82) is 0 Å². The number of para-hydroxylation sites is 3. The molecule has 32 heavy (non-hydrogen) atoms. The zero-order valence-electron chi connectivity index (χ0n) is 17.3. The maximum atomic E-state index is 12.7. The highest BCUT2D eigenvalue weighted by Gasteiger charge is 2.14. The van der Waals surface area contributed by atoms with Crippen LogP contribution in [0.25, 0.3) is 28.1 Å². The van der Waals surface area contributed by atoms with E-state index < -0.39 is 0 Å². The van der Waals surface area contributed by atoms with Crippen molar-refractivity contribution in [1.82, 2.24) is 24.7 Å². The third-order valence-electron chi connectivity index (χ3n) is 5.01. The molecule has 0 spiro atoms. The summed E-state index contributed by atoms with van der Waals surface area (Å²) in [6.45, 7) is 2.04. The van der Waals surface area contributed by atoms with E-state index in [2.05, 4.69) is 25.5 Å². The zero-order valence-corrected chi connectivity index (χ0v) is 18.1. The lowest BCUT2D eigenvalue weighted by Crippen LogP contribution is -2.15. The quantitative estimate of drug-likeness (QED) is 0.369. The van der Waals surface area contributed by atoms with Crippen molar-refractivity contribution in [3.05, 3.63) is 84.7 Å². The molecule has 2 N–H and O–H groups in total. The molecular weight excluding hydrogens is 420 g/mol. The number of aromatic amines is 1. The lowest BCUT2D eigenvalue weighted by molar-refractivity contribution is -0.113. The number of H-pyrrole nitrogens is 1. The molecule has 0 saturated carbocycles. The van der Waals surface area contributed by atoms with Crippen LogP contribution in [0.5, 0.6) is 0 Å². The average molecular weight is 441 g/mol. The van der Waals surface area contributed by atoms with Gasteiger partial charge in [-0.3, -0.25) is 9.36 Å². The fourth-order valence-electron chi connectivity index (χ4n) is 3.40. The van der Waals surface area contributed by atoms with Crippen molar-refractivity contribution in [2.45, 2.75) is 12.1 Å². The van der Waals surface area contributed by atoms with E-state index in [1.165, 1.54) is 17.3 Å². The fraction of sp³-hybridized carbons (Fsp3) is 0.0833. The van der Waals surface area contributed by atoms with Crippen LogP contribution in [0.1, 0.15) is 5.56 Å². The molecule has 3 aromatic carbocycles. The number of rotatable bonds is 6. The second kappa shape index (κ2) is 8.68. The molecule has 7 nitrogen and oxygen atoms in total. The van der Waals surface area contributed by atoms with Crippen LogP contribution in [0.2, 0.25) is 0 Å². The normalized spacial score (nSPS) is 11.0. The van der Waals surface area contributed by atoms with Crippen LogP contribution in [0.3, 0.4) is 0 Å². The molecule has 0 aliphatic carbocycles. The number of fused-ring (bicyclic) bond motifs is 1. The first-order chi connectivity index (χ1) is 15.7. The maximum absolute atomic E-state index is 12.7. The first kappa shape index (κ1) is 20.0. The summed E-state index contributed by atoms with van der Waals surface area (Å²) in [5.41, 5.74) is 5.52. The van der Waals surface area contributed by atoms with Gasteiger partial charge in [0, 0.05) is 11.3 Å². The van der Waals surface area contributed by atoms with E-state index in [1.54, 1.807) is 6.33 Å². The van der Waals surface area contributed by atoms with Crippen LogP contribution in [0, 0.1) is 6.92 Å². The molecule has 5 rings (SSSR count). The second-order valence-electron chi connectivity index (χ2n) is 7.30. The van der Waals surface area contributed by atoms with Crippen LogP contribution >= 0.6 is 11.8 Å². The summed E-state index contributed by atoms with van der Waals surface area (Å²) >= 11 is 1.34. The SMILES string of the molecule is Cc1ccc(-n2cnnc2SCC(=O)Nc2ccccc2-c2nc3ccccc3[nH]2)cc1. The number of anilines is 1. The standard InChI is InChI=1S/C24H20N6OS/c1-16-10-12-17(13-11-16)30-15-25-29-24(30)32-14-22(31)26-19-7-3-2-6-18(19)23-27-20-8-4-5-9-21(20)28-23/h2-13,15H,14H2,1H3,(H,26,31)(H,27,28). The summed E-state index contributed by atoms with van der Waals surface area (Å²) in [6.07, 6.45) is 1.65. The third-order valence-corrected chi connectivity index (χ3v) is 5.95. The number of aromatic nitrogens is 5. The van der Waals surface area contributed by atoms with Crippen LogP contribution in [-0.4, -0.2) is 36.4 Å². The van der Waals surface area contributed by atoms with Crippen molar-refractivity contribution < 1.29 is 4.79 Å². The number of carbonyl (C=O) groups excluding carboxylic acids is 1.